The third-order valence-electron chi connectivity index (χ3n) is 2.45. The minimum atomic E-state index is -0.595. The maximum atomic E-state index is 11.1. The van der Waals surface area contributed by atoms with Crippen LogP contribution in [-0.4, -0.2) is 28.3 Å². The smallest absolute Gasteiger partial charge is 0.248 e. The van der Waals surface area contributed by atoms with Crippen LogP contribution in [0.4, 0.5) is 5.82 Å². The summed E-state index contributed by atoms with van der Waals surface area (Å²) in [5, 5.41) is 2.52. The fraction of sp³-hybridized carbons (Fsp3) is 0.417. The molecule has 1 N–H and O–H groups in total. The Morgan fingerprint density at radius 1 is 1.56 bits per heavy atom. The van der Waals surface area contributed by atoms with Crippen molar-refractivity contribution in [2.45, 2.75) is 25.7 Å². The van der Waals surface area contributed by atoms with E-state index in [2.05, 4.69) is 21.9 Å². The van der Waals surface area contributed by atoms with E-state index < -0.39 is 5.79 Å². The Hall–Kier alpha value is -1.79. The molecule has 18 heavy (non-hydrogen) atoms. The Morgan fingerprint density at radius 2 is 2.33 bits per heavy atom. The summed E-state index contributed by atoms with van der Waals surface area (Å²) in [6.45, 7) is 7.49. The molecule has 1 fully saturated rings. The summed E-state index contributed by atoms with van der Waals surface area (Å²) in [6, 6.07) is 0. The second-order valence-electron chi connectivity index (χ2n) is 4.34. The topological polar surface area (TPSA) is 73.3 Å². The van der Waals surface area contributed by atoms with Crippen molar-refractivity contribution < 1.29 is 14.3 Å². The first-order valence-electron chi connectivity index (χ1n) is 5.57. The van der Waals surface area contributed by atoms with Gasteiger partial charge in [-0.2, -0.15) is 0 Å². The first kappa shape index (κ1) is 12.7. The molecule has 2 rings (SSSR count). The molecule has 1 aliphatic rings. The van der Waals surface area contributed by atoms with Gasteiger partial charge in [0.05, 0.1) is 24.7 Å². The van der Waals surface area contributed by atoms with Crippen LogP contribution in [0.3, 0.4) is 0 Å². The largest absolute Gasteiger partial charge is 0.347 e. The molecule has 1 atom stereocenters. The summed E-state index contributed by atoms with van der Waals surface area (Å²) < 4.78 is 11.1. The Balaban J connectivity index is 2.04. The summed E-state index contributed by atoms with van der Waals surface area (Å²) in [4.78, 5) is 19.3. The van der Waals surface area contributed by atoms with Gasteiger partial charge in [0.25, 0.3) is 0 Å². The molecule has 0 aromatic carbocycles. The van der Waals surface area contributed by atoms with Gasteiger partial charge in [0.1, 0.15) is 6.10 Å². The summed E-state index contributed by atoms with van der Waals surface area (Å²) in [5.41, 5.74) is 0.678. The van der Waals surface area contributed by atoms with E-state index in [1.807, 2.05) is 13.8 Å². The van der Waals surface area contributed by atoms with E-state index >= 15 is 0 Å². The van der Waals surface area contributed by atoms with Gasteiger partial charge in [-0.15, -0.1) is 0 Å². The minimum absolute atomic E-state index is 0.225. The molecule has 0 radical (unpaired) electrons. The summed E-state index contributed by atoms with van der Waals surface area (Å²) in [6.07, 6.45) is 3.99. The van der Waals surface area contributed by atoms with Crippen LogP contribution in [0, 0.1) is 0 Å². The van der Waals surface area contributed by atoms with Crippen molar-refractivity contribution in [1.29, 1.82) is 0 Å². The summed E-state index contributed by atoms with van der Waals surface area (Å²) >= 11 is 0. The number of ether oxygens (including phenoxy) is 2. The monoisotopic (exact) mass is 249 g/mol. The number of anilines is 1. The Bertz CT molecular complexity index is 456. The SMILES string of the molecule is C=CC(=O)Nc1cnc([C@@H]2COC(C)(C)O2)cn1. The quantitative estimate of drug-likeness (QED) is 0.820. The van der Waals surface area contributed by atoms with Crippen molar-refractivity contribution in [2.75, 3.05) is 11.9 Å². The van der Waals surface area contributed by atoms with Crippen LogP contribution < -0.4 is 5.32 Å². The van der Waals surface area contributed by atoms with Crippen molar-refractivity contribution in [3.63, 3.8) is 0 Å². The van der Waals surface area contributed by atoms with Gasteiger partial charge in [-0.05, 0) is 19.9 Å². The van der Waals surface area contributed by atoms with Gasteiger partial charge in [-0.3, -0.25) is 9.78 Å². The lowest BCUT2D eigenvalue weighted by molar-refractivity contribution is -0.139. The van der Waals surface area contributed by atoms with E-state index in [1.165, 1.54) is 12.3 Å². The molecule has 0 bridgehead atoms. The molecule has 1 amide bonds. The number of hydrogen-bond donors (Lipinski definition) is 1. The molecule has 96 valence electrons. The number of hydrogen-bond acceptors (Lipinski definition) is 5. The highest BCUT2D eigenvalue weighted by Gasteiger charge is 2.34. The molecule has 6 heteroatoms. The number of aromatic nitrogens is 2. The van der Waals surface area contributed by atoms with Crippen molar-refractivity contribution >= 4 is 11.7 Å². The second kappa shape index (κ2) is 4.83. The number of nitrogens with zero attached hydrogens (tertiary/aromatic N) is 2. The van der Waals surface area contributed by atoms with Crippen molar-refractivity contribution in [1.82, 2.24) is 9.97 Å². The highest BCUT2D eigenvalue weighted by atomic mass is 16.7. The lowest BCUT2D eigenvalue weighted by Gasteiger charge is -2.16. The van der Waals surface area contributed by atoms with Gasteiger partial charge in [-0.1, -0.05) is 6.58 Å². The Labute approximate surface area is 105 Å². The maximum absolute atomic E-state index is 11.1. The first-order chi connectivity index (χ1) is 8.50. The van der Waals surface area contributed by atoms with Gasteiger partial charge in [0, 0.05) is 0 Å². The molecule has 1 aliphatic heterocycles. The fourth-order valence-electron chi connectivity index (χ4n) is 1.58. The molecule has 1 aromatic rings. The third kappa shape index (κ3) is 2.91. The Kier molecular flexibility index (Phi) is 3.40. The summed E-state index contributed by atoms with van der Waals surface area (Å²) in [7, 11) is 0. The highest BCUT2D eigenvalue weighted by Crippen LogP contribution is 2.31. The fourth-order valence-corrected chi connectivity index (χ4v) is 1.58. The Morgan fingerprint density at radius 3 is 2.83 bits per heavy atom. The van der Waals surface area contributed by atoms with E-state index in [1.54, 1.807) is 6.20 Å². The van der Waals surface area contributed by atoms with Crippen LogP contribution in [0.5, 0.6) is 0 Å². The van der Waals surface area contributed by atoms with Gasteiger partial charge < -0.3 is 14.8 Å². The van der Waals surface area contributed by atoms with Crippen molar-refractivity contribution in [3.05, 3.63) is 30.7 Å². The van der Waals surface area contributed by atoms with Gasteiger partial charge in [0.2, 0.25) is 5.91 Å². The van der Waals surface area contributed by atoms with Gasteiger partial charge >= 0.3 is 0 Å². The molecular formula is C12H15N3O3. The zero-order valence-corrected chi connectivity index (χ0v) is 10.3. The number of carbonyl (C=O) groups is 1. The van der Waals surface area contributed by atoms with Crippen molar-refractivity contribution in [3.8, 4) is 0 Å². The summed E-state index contributed by atoms with van der Waals surface area (Å²) in [5.74, 6) is -0.539. The van der Waals surface area contributed by atoms with Gasteiger partial charge in [0.15, 0.2) is 11.6 Å². The average molecular weight is 249 g/mol. The lowest BCUT2D eigenvalue weighted by atomic mass is 10.3. The molecule has 2 heterocycles. The number of rotatable bonds is 3. The maximum Gasteiger partial charge on any atom is 0.248 e. The van der Waals surface area contributed by atoms with E-state index in [4.69, 9.17) is 9.47 Å². The molecule has 1 aromatic heterocycles. The van der Waals surface area contributed by atoms with E-state index in [0.29, 0.717) is 18.1 Å². The molecule has 6 nitrogen and oxygen atoms in total. The molecule has 0 aliphatic carbocycles. The molecule has 1 saturated heterocycles. The molecule has 0 saturated carbocycles. The average Bonchev–Trinajstić information content (AvgIpc) is 2.70. The standard InChI is InChI=1S/C12H15N3O3/c1-4-11(16)15-10-6-13-8(5-14-10)9-7-17-12(2,3)18-9/h4-6,9H,1,7H2,2-3H3,(H,14,15,16)/t9-/m0/s1. The van der Waals surface area contributed by atoms with Crippen LogP contribution >= 0.6 is 0 Å². The first-order valence-corrected chi connectivity index (χ1v) is 5.57. The second-order valence-corrected chi connectivity index (χ2v) is 4.34. The predicted molar refractivity (Wildman–Crippen MR) is 64.7 cm³/mol. The molecule has 0 spiro atoms. The molecule has 0 unspecified atom stereocenters. The van der Waals surface area contributed by atoms with E-state index in [-0.39, 0.29) is 12.0 Å². The molecular weight excluding hydrogens is 234 g/mol. The van der Waals surface area contributed by atoms with Gasteiger partial charge in [-0.25, -0.2) is 4.98 Å². The van der Waals surface area contributed by atoms with E-state index in [0.717, 1.165) is 0 Å². The normalized spacial score (nSPS) is 21.6. The number of nitrogens with one attached hydrogen (secondary N) is 1. The number of amides is 1. The predicted octanol–water partition coefficient (Wildman–Crippen LogP) is 1.43. The zero-order chi connectivity index (χ0) is 13.2. The number of carbonyl (C=O) groups excluding carboxylic acids is 1. The van der Waals surface area contributed by atoms with Crippen LogP contribution in [0.25, 0.3) is 0 Å². The highest BCUT2D eigenvalue weighted by molar-refractivity contribution is 5.98. The van der Waals surface area contributed by atoms with E-state index in [9.17, 15) is 4.79 Å². The van der Waals surface area contributed by atoms with Crippen LogP contribution in [0.2, 0.25) is 0 Å². The van der Waals surface area contributed by atoms with Crippen LogP contribution in [0.1, 0.15) is 25.6 Å². The third-order valence-corrected chi connectivity index (χ3v) is 2.45. The zero-order valence-electron chi connectivity index (χ0n) is 10.3. The van der Waals surface area contributed by atoms with Crippen molar-refractivity contribution in [2.24, 2.45) is 0 Å². The van der Waals surface area contributed by atoms with Crippen LogP contribution in [0.15, 0.2) is 25.0 Å². The minimum Gasteiger partial charge on any atom is -0.347 e. The lowest BCUT2D eigenvalue weighted by Crippen LogP contribution is -2.19. The van der Waals surface area contributed by atoms with Crippen LogP contribution in [-0.2, 0) is 14.3 Å².